The SMILES string of the molecule is CC(C)(C(=O)NCc1ccnc(N2CCCC2)c1)c1ccccc1. The summed E-state index contributed by atoms with van der Waals surface area (Å²) >= 11 is 0. The second kappa shape index (κ2) is 7.04. The molecule has 24 heavy (non-hydrogen) atoms. The van der Waals surface area contributed by atoms with Crippen molar-refractivity contribution in [3.8, 4) is 0 Å². The van der Waals surface area contributed by atoms with Crippen LogP contribution in [0.15, 0.2) is 48.7 Å². The van der Waals surface area contributed by atoms with Gasteiger partial charge < -0.3 is 10.2 Å². The van der Waals surface area contributed by atoms with E-state index in [0.717, 1.165) is 30.0 Å². The van der Waals surface area contributed by atoms with Gasteiger partial charge in [-0.1, -0.05) is 30.3 Å². The Labute approximate surface area is 143 Å². The maximum atomic E-state index is 12.6. The average Bonchev–Trinajstić information content (AvgIpc) is 3.15. The van der Waals surface area contributed by atoms with E-state index in [-0.39, 0.29) is 5.91 Å². The molecular formula is C20H25N3O. The van der Waals surface area contributed by atoms with Gasteiger partial charge in [-0.3, -0.25) is 4.79 Å². The van der Waals surface area contributed by atoms with Gasteiger partial charge in [0.25, 0.3) is 0 Å². The summed E-state index contributed by atoms with van der Waals surface area (Å²) < 4.78 is 0. The van der Waals surface area contributed by atoms with Crippen molar-refractivity contribution in [2.45, 2.75) is 38.6 Å². The minimum absolute atomic E-state index is 0.0354. The van der Waals surface area contributed by atoms with E-state index >= 15 is 0 Å². The van der Waals surface area contributed by atoms with Crippen LogP contribution in [0, 0.1) is 0 Å². The van der Waals surface area contributed by atoms with E-state index in [1.54, 1.807) is 0 Å². The summed E-state index contributed by atoms with van der Waals surface area (Å²) in [6, 6.07) is 13.9. The van der Waals surface area contributed by atoms with Crippen molar-refractivity contribution < 1.29 is 4.79 Å². The summed E-state index contributed by atoms with van der Waals surface area (Å²) in [7, 11) is 0. The first-order valence-corrected chi connectivity index (χ1v) is 8.61. The van der Waals surface area contributed by atoms with Crippen molar-refractivity contribution in [2.75, 3.05) is 18.0 Å². The molecule has 2 aromatic rings. The third kappa shape index (κ3) is 3.58. The number of anilines is 1. The molecule has 1 aliphatic rings. The van der Waals surface area contributed by atoms with E-state index in [1.807, 2.05) is 56.4 Å². The van der Waals surface area contributed by atoms with Gasteiger partial charge in [-0.2, -0.15) is 0 Å². The van der Waals surface area contributed by atoms with E-state index in [9.17, 15) is 4.79 Å². The average molecular weight is 323 g/mol. The Hall–Kier alpha value is -2.36. The van der Waals surface area contributed by atoms with Crippen LogP contribution in [0.2, 0.25) is 0 Å². The van der Waals surface area contributed by atoms with Gasteiger partial charge in [0.1, 0.15) is 5.82 Å². The maximum absolute atomic E-state index is 12.6. The van der Waals surface area contributed by atoms with Crippen LogP contribution in [0.4, 0.5) is 5.82 Å². The molecule has 0 spiro atoms. The van der Waals surface area contributed by atoms with E-state index in [4.69, 9.17) is 0 Å². The summed E-state index contributed by atoms with van der Waals surface area (Å²) in [4.78, 5) is 19.4. The second-order valence-corrected chi connectivity index (χ2v) is 6.89. The Morgan fingerprint density at radius 3 is 2.58 bits per heavy atom. The molecule has 3 rings (SSSR count). The molecule has 0 atom stereocenters. The fourth-order valence-electron chi connectivity index (χ4n) is 3.08. The number of hydrogen-bond acceptors (Lipinski definition) is 3. The Kier molecular flexibility index (Phi) is 4.84. The van der Waals surface area contributed by atoms with Gasteiger partial charge in [-0.15, -0.1) is 0 Å². The fraction of sp³-hybridized carbons (Fsp3) is 0.400. The van der Waals surface area contributed by atoms with Gasteiger partial charge in [0.2, 0.25) is 5.91 Å². The number of hydrogen-bond donors (Lipinski definition) is 1. The van der Waals surface area contributed by atoms with E-state index < -0.39 is 5.41 Å². The highest BCUT2D eigenvalue weighted by Crippen LogP contribution is 2.23. The number of rotatable bonds is 5. The summed E-state index contributed by atoms with van der Waals surface area (Å²) in [6.07, 6.45) is 4.29. The van der Waals surface area contributed by atoms with E-state index in [2.05, 4.69) is 21.3 Å². The first-order valence-electron chi connectivity index (χ1n) is 8.61. The lowest BCUT2D eigenvalue weighted by molar-refractivity contribution is -0.125. The third-order valence-corrected chi connectivity index (χ3v) is 4.76. The van der Waals surface area contributed by atoms with Crippen LogP contribution >= 0.6 is 0 Å². The lowest BCUT2D eigenvalue weighted by Crippen LogP contribution is -2.39. The zero-order valence-corrected chi connectivity index (χ0v) is 14.5. The molecule has 0 aliphatic carbocycles. The molecule has 1 amide bonds. The van der Waals surface area contributed by atoms with Crippen LogP contribution in [0.25, 0.3) is 0 Å². The number of amides is 1. The van der Waals surface area contributed by atoms with Gasteiger partial charge in [-0.05, 0) is 49.9 Å². The molecule has 1 aromatic heterocycles. The number of nitrogens with one attached hydrogen (secondary N) is 1. The molecule has 1 aromatic carbocycles. The zero-order valence-electron chi connectivity index (χ0n) is 14.5. The third-order valence-electron chi connectivity index (χ3n) is 4.76. The Morgan fingerprint density at radius 1 is 1.17 bits per heavy atom. The monoisotopic (exact) mass is 323 g/mol. The van der Waals surface area contributed by atoms with Crippen LogP contribution in [0.1, 0.15) is 37.8 Å². The molecule has 0 saturated carbocycles. The Morgan fingerprint density at radius 2 is 1.88 bits per heavy atom. The molecule has 0 unspecified atom stereocenters. The number of benzene rings is 1. The molecule has 126 valence electrons. The first kappa shape index (κ1) is 16.5. The normalized spacial score (nSPS) is 14.7. The van der Waals surface area contributed by atoms with Gasteiger partial charge in [0.05, 0.1) is 5.41 Å². The summed E-state index contributed by atoms with van der Waals surface area (Å²) in [5, 5.41) is 3.07. The second-order valence-electron chi connectivity index (χ2n) is 6.89. The van der Waals surface area contributed by atoms with Crippen LogP contribution in [-0.4, -0.2) is 24.0 Å². The minimum Gasteiger partial charge on any atom is -0.357 e. The summed E-state index contributed by atoms with van der Waals surface area (Å²) in [5.74, 6) is 1.05. The number of pyridine rings is 1. The molecule has 1 fully saturated rings. The Balaban J connectivity index is 1.65. The van der Waals surface area contributed by atoms with Gasteiger partial charge in [-0.25, -0.2) is 4.98 Å². The molecule has 1 aliphatic heterocycles. The highest BCUT2D eigenvalue weighted by Gasteiger charge is 2.29. The van der Waals surface area contributed by atoms with Crippen LogP contribution in [0.5, 0.6) is 0 Å². The van der Waals surface area contributed by atoms with Crippen molar-refractivity contribution in [3.63, 3.8) is 0 Å². The molecule has 4 heteroatoms. The predicted molar refractivity (Wildman–Crippen MR) is 97.0 cm³/mol. The van der Waals surface area contributed by atoms with Crippen molar-refractivity contribution >= 4 is 11.7 Å². The molecule has 0 bridgehead atoms. The highest BCUT2D eigenvalue weighted by molar-refractivity contribution is 5.87. The van der Waals surface area contributed by atoms with Crippen molar-refractivity contribution in [1.82, 2.24) is 10.3 Å². The number of nitrogens with zero attached hydrogens (tertiary/aromatic N) is 2. The van der Waals surface area contributed by atoms with Crippen molar-refractivity contribution in [1.29, 1.82) is 0 Å². The molecule has 1 saturated heterocycles. The molecule has 2 heterocycles. The smallest absolute Gasteiger partial charge is 0.230 e. The summed E-state index contributed by atoms with van der Waals surface area (Å²) in [6.45, 7) is 6.59. The van der Waals surface area contributed by atoms with Gasteiger partial charge >= 0.3 is 0 Å². The van der Waals surface area contributed by atoms with Crippen molar-refractivity contribution in [2.24, 2.45) is 0 Å². The molecule has 0 radical (unpaired) electrons. The van der Waals surface area contributed by atoms with E-state index in [1.165, 1.54) is 12.8 Å². The predicted octanol–water partition coefficient (Wildman–Crippen LogP) is 3.28. The maximum Gasteiger partial charge on any atom is 0.230 e. The van der Waals surface area contributed by atoms with Crippen molar-refractivity contribution in [3.05, 3.63) is 59.8 Å². The lowest BCUT2D eigenvalue weighted by atomic mass is 9.84. The molecule has 1 N–H and O–H groups in total. The number of carbonyl (C=O) groups excluding carboxylic acids is 1. The number of aromatic nitrogens is 1. The van der Waals surface area contributed by atoms with Crippen LogP contribution in [0.3, 0.4) is 0 Å². The Bertz CT molecular complexity index is 691. The zero-order chi connectivity index (χ0) is 17.0. The quantitative estimate of drug-likeness (QED) is 0.918. The topological polar surface area (TPSA) is 45.2 Å². The van der Waals surface area contributed by atoms with Gasteiger partial charge in [0.15, 0.2) is 0 Å². The summed E-state index contributed by atoms with van der Waals surface area (Å²) in [5.41, 5.74) is 1.56. The molecular weight excluding hydrogens is 298 g/mol. The lowest BCUT2D eigenvalue weighted by Gasteiger charge is -2.24. The largest absolute Gasteiger partial charge is 0.357 e. The highest BCUT2D eigenvalue weighted by atomic mass is 16.2. The first-order chi connectivity index (χ1) is 11.6. The molecule has 4 nitrogen and oxygen atoms in total. The van der Waals surface area contributed by atoms with Crippen LogP contribution in [-0.2, 0) is 16.8 Å². The van der Waals surface area contributed by atoms with Crippen LogP contribution < -0.4 is 10.2 Å². The number of carbonyl (C=O) groups is 1. The minimum atomic E-state index is -0.550. The van der Waals surface area contributed by atoms with E-state index in [0.29, 0.717) is 6.54 Å². The standard InChI is InChI=1S/C20H25N3O/c1-20(2,17-8-4-3-5-9-17)19(24)22-15-16-10-11-21-18(14-16)23-12-6-7-13-23/h3-5,8-11,14H,6-7,12-13,15H2,1-2H3,(H,22,24). The van der Waals surface area contributed by atoms with Gasteiger partial charge in [0, 0.05) is 25.8 Å². The fourth-order valence-corrected chi connectivity index (χ4v) is 3.08.